The van der Waals surface area contributed by atoms with Crippen LogP contribution in [-0.2, 0) is 9.53 Å². The van der Waals surface area contributed by atoms with Gasteiger partial charge in [-0.15, -0.1) is 0 Å². The second-order valence-corrected chi connectivity index (χ2v) is 5.34. The molecule has 0 bridgehead atoms. The second kappa shape index (κ2) is 7.38. The zero-order chi connectivity index (χ0) is 16.8. The SMILES string of the molecule is O=C(C=Cc1ccccc1)OCC(=O)c1ccc2ccccc2c1. The Balaban J connectivity index is 1.60. The van der Waals surface area contributed by atoms with Crippen LogP contribution in [-0.4, -0.2) is 18.4 Å². The molecule has 3 nitrogen and oxygen atoms in total. The maximum atomic E-state index is 12.2. The Morgan fingerprint density at radius 1 is 0.833 bits per heavy atom. The van der Waals surface area contributed by atoms with Crippen LogP contribution >= 0.6 is 0 Å². The first-order valence-electron chi connectivity index (χ1n) is 7.64. The van der Waals surface area contributed by atoms with Crippen LogP contribution in [0, 0.1) is 0 Å². The summed E-state index contributed by atoms with van der Waals surface area (Å²) >= 11 is 0. The molecule has 0 unspecified atom stereocenters. The van der Waals surface area contributed by atoms with Crippen molar-refractivity contribution in [3.63, 3.8) is 0 Å². The molecule has 0 N–H and O–H groups in total. The molecule has 118 valence electrons. The maximum Gasteiger partial charge on any atom is 0.331 e. The summed E-state index contributed by atoms with van der Waals surface area (Å²) in [5.74, 6) is -0.754. The zero-order valence-electron chi connectivity index (χ0n) is 13.0. The first kappa shape index (κ1) is 15.7. The lowest BCUT2D eigenvalue weighted by Crippen LogP contribution is -2.12. The standard InChI is InChI=1S/C21H16O3/c22-20(19-12-11-17-8-4-5-9-18(17)14-19)15-24-21(23)13-10-16-6-2-1-3-7-16/h1-14H,15H2. The van der Waals surface area contributed by atoms with Crippen molar-refractivity contribution in [2.24, 2.45) is 0 Å². The van der Waals surface area contributed by atoms with Crippen molar-refractivity contribution < 1.29 is 14.3 Å². The van der Waals surface area contributed by atoms with Crippen molar-refractivity contribution in [2.75, 3.05) is 6.61 Å². The van der Waals surface area contributed by atoms with Crippen LogP contribution in [0.5, 0.6) is 0 Å². The lowest BCUT2D eigenvalue weighted by molar-refractivity contribution is -0.136. The molecule has 0 heterocycles. The van der Waals surface area contributed by atoms with E-state index in [2.05, 4.69) is 0 Å². The first-order chi connectivity index (χ1) is 11.7. The molecular weight excluding hydrogens is 300 g/mol. The van der Waals surface area contributed by atoms with Crippen molar-refractivity contribution in [3.8, 4) is 0 Å². The maximum absolute atomic E-state index is 12.2. The van der Waals surface area contributed by atoms with Crippen molar-refractivity contribution in [1.29, 1.82) is 0 Å². The van der Waals surface area contributed by atoms with E-state index in [0.717, 1.165) is 16.3 Å². The van der Waals surface area contributed by atoms with Gasteiger partial charge in [0.05, 0.1) is 0 Å². The van der Waals surface area contributed by atoms with Gasteiger partial charge in [-0.1, -0.05) is 66.7 Å². The summed E-state index contributed by atoms with van der Waals surface area (Å²) in [5.41, 5.74) is 1.43. The Hall–Kier alpha value is -3.20. The number of carbonyl (C=O) groups excluding carboxylic acids is 2. The van der Waals surface area contributed by atoms with E-state index in [0.29, 0.717) is 5.56 Å². The van der Waals surface area contributed by atoms with Gasteiger partial charge in [-0.2, -0.15) is 0 Å². The highest BCUT2D eigenvalue weighted by molar-refractivity contribution is 6.01. The van der Waals surface area contributed by atoms with Gasteiger partial charge in [0.25, 0.3) is 0 Å². The minimum absolute atomic E-state index is 0.220. The fourth-order valence-corrected chi connectivity index (χ4v) is 2.36. The number of benzene rings is 3. The molecule has 3 rings (SSSR count). The predicted molar refractivity (Wildman–Crippen MR) is 94.7 cm³/mol. The fourth-order valence-electron chi connectivity index (χ4n) is 2.36. The number of carbonyl (C=O) groups is 2. The molecule has 0 aliphatic rings. The van der Waals surface area contributed by atoms with Crippen LogP contribution in [0.1, 0.15) is 15.9 Å². The molecule has 0 radical (unpaired) electrons. The smallest absolute Gasteiger partial charge is 0.331 e. The van der Waals surface area contributed by atoms with Crippen LogP contribution < -0.4 is 0 Å². The van der Waals surface area contributed by atoms with Gasteiger partial charge in [0.15, 0.2) is 12.4 Å². The fraction of sp³-hybridized carbons (Fsp3) is 0.0476. The van der Waals surface area contributed by atoms with E-state index in [-0.39, 0.29) is 12.4 Å². The third kappa shape index (κ3) is 3.96. The van der Waals surface area contributed by atoms with Crippen LogP contribution in [0.25, 0.3) is 16.8 Å². The summed E-state index contributed by atoms with van der Waals surface area (Å²) in [7, 11) is 0. The average Bonchev–Trinajstić information content (AvgIpc) is 2.65. The summed E-state index contributed by atoms with van der Waals surface area (Å²) in [5, 5.41) is 2.05. The molecular formula is C21H16O3. The van der Waals surface area contributed by atoms with Crippen molar-refractivity contribution in [2.45, 2.75) is 0 Å². The molecule has 3 aromatic carbocycles. The van der Waals surface area contributed by atoms with Gasteiger partial charge in [0.1, 0.15) is 0 Å². The number of rotatable bonds is 5. The van der Waals surface area contributed by atoms with E-state index < -0.39 is 5.97 Å². The Morgan fingerprint density at radius 2 is 1.54 bits per heavy atom. The molecule has 0 fully saturated rings. The van der Waals surface area contributed by atoms with Crippen LogP contribution in [0.4, 0.5) is 0 Å². The average molecular weight is 316 g/mol. The Morgan fingerprint density at radius 3 is 2.33 bits per heavy atom. The van der Waals surface area contributed by atoms with E-state index in [9.17, 15) is 9.59 Å². The minimum atomic E-state index is -0.534. The Kier molecular flexibility index (Phi) is 4.82. The van der Waals surface area contributed by atoms with Gasteiger partial charge < -0.3 is 4.74 Å². The van der Waals surface area contributed by atoms with Gasteiger partial charge in [-0.25, -0.2) is 4.79 Å². The van der Waals surface area contributed by atoms with E-state index in [1.807, 2.05) is 66.7 Å². The summed E-state index contributed by atoms with van der Waals surface area (Å²) in [4.78, 5) is 23.9. The van der Waals surface area contributed by atoms with Crippen LogP contribution in [0.2, 0.25) is 0 Å². The van der Waals surface area contributed by atoms with Gasteiger partial charge in [-0.3, -0.25) is 4.79 Å². The molecule has 24 heavy (non-hydrogen) atoms. The van der Waals surface area contributed by atoms with E-state index >= 15 is 0 Å². The predicted octanol–water partition coefficient (Wildman–Crippen LogP) is 4.28. The number of fused-ring (bicyclic) bond motifs is 1. The molecule has 0 spiro atoms. The zero-order valence-corrected chi connectivity index (χ0v) is 13.0. The minimum Gasteiger partial charge on any atom is -0.454 e. The molecule has 0 atom stereocenters. The highest BCUT2D eigenvalue weighted by Crippen LogP contribution is 2.16. The number of hydrogen-bond acceptors (Lipinski definition) is 3. The largest absolute Gasteiger partial charge is 0.454 e. The third-order valence-electron chi connectivity index (χ3n) is 3.63. The monoisotopic (exact) mass is 316 g/mol. The molecule has 0 aliphatic carbocycles. The summed E-state index contributed by atoms with van der Waals surface area (Å²) in [6, 6.07) is 22.7. The number of hydrogen-bond donors (Lipinski definition) is 0. The number of ether oxygens (including phenoxy) is 1. The summed E-state index contributed by atoms with van der Waals surface area (Å²) in [6.45, 7) is -0.268. The number of ketones is 1. The summed E-state index contributed by atoms with van der Waals surface area (Å²) < 4.78 is 5.02. The normalized spacial score (nSPS) is 10.8. The lowest BCUT2D eigenvalue weighted by Gasteiger charge is -2.04. The van der Waals surface area contributed by atoms with E-state index in [4.69, 9.17) is 4.74 Å². The lowest BCUT2D eigenvalue weighted by atomic mass is 10.0. The Bertz CT molecular complexity index is 895. The summed E-state index contributed by atoms with van der Waals surface area (Å²) in [6.07, 6.45) is 2.98. The molecule has 3 heteroatoms. The van der Waals surface area contributed by atoms with Gasteiger partial charge >= 0.3 is 5.97 Å². The Labute approximate surface area is 140 Å². The molecule has 0 aromatic heterocycles. The molecule has 3 aromatic rings. The van der Waals surface area contributed by atoms with Crippen molar-refractivity contribution >= 4 is 28.6 Å². The highest BCUT2D eigenvalue weighted by atomic mass is 16.5. The first-order valence-corrected chi connectivity index (χ1v) is 7.64. The van der Waals surface area contributed by atoms with Gasteiger partial charge in [0.2, 0.25) is 0 Å². The van der Waals surface area contributed by atoms with Crippen LogP contribution in [0.3, 0.4) is 0 Å². The second-order valence-electron chi connectivity index (χ2n) is 5.34. The van der Waals surface area contributed by atoms with Crippen molar-refractivity contribution in [3.05, 3.63) is 90.0 Å². The molecule has 0 aliphatic heterocycles. The van der Waals surface area contributed by atoms with Gasteiger partial charge in [-0.05, 0) is 28.5 Å². The molecule has 0 saturated carbocycles. The third-order valence-corrected chi connectivity index (χ3v) is 3.63. The van der Waals surface area contributed by atoms with E-state index in [1.54, 1.807) is 12.1 Å². The molecule has 0 saturated heterocycles. The number of esters is 1. The van der Waals surface area contributed by atoms with Gasteiger partial charge in [0, 0.05) is 11.6 Å². The number of Topliss-reactive ketones (excluding diaryl/α,β-unsaturated/α-hetero) is 1. The van der Waals surface area contributed by atoms with Crippen LogP contribution in [0.15, 0.2) is 78.9 Å². The molecule has 0 amide bonds. The topological polar surface area (TPSA) is 43.4 Å². The quantitative estimate of drug-likeness (QED) is 0.401. The highest BCUT2D eigenvalue weighted by Gasteiger charge is 2.09. The van der Waals surface area contributed by atoms with E-state index in [1.165, 1.54) is 6.08 Å². The van der Waals surface area contributed by atoms with Crippen molar-refractivity contribution in [1.82, 2.24) is 0 Å².